The van der Waals surface area contributed by atoms with E-state index in [1.54, 1.807) is 0 Å². The van der Waals surface area contributed by atoms with Crippen LogP contribution in [-0.2, 0) is 6.54 Å². The Hall–Kier alpha value is -1.81. The average Bonchev–Trinajstić information content (AvgIpc) is 3.12. The Morgan fingerprint density at radius 2 is 1.92 bits per heavy atom. The molecule has 2 aliphatic rings. The Morgan fingerprint density at radius 1 is 1.19 bits per heavy atom. The second-order valence-corrected chi connectivity index (χ2v) is 8.35. The Labute approximate surface area is 156 Å². The zero-order valence-corrected chi connectivity index (χ0v) is 16.4. The van der Waals surface area contributed by atoms with Gasteiger partial charge in [0.25, 0.3) is 5.91 Å². The lowest BCUT2D eigenvalue weighted by atomic mass is 10.1. The third-order valence-corrected chi connectivity index (χ3v) is 6.56. The van der Waals surface area contributed by atoms with E-state index in [9.17, 15) is 4.79 Å². The van der Waals surface area contributed by atoms with Crippen LogP contribution in [0.25, 0.3) is 10.9 Å². The number of carbonyl (C=O) groups is 1. The van der Waals surface area contributed by atoms with Crippen molar-refractivity contribution in [3.8, 4) is 0 Å². The fourth-order valence-corrected chi connectivity index (χ4v) is 4.55. The van der Waals surface area contributed by atoms with E-state index < -0.39 is 0 Å². The van der Waals surface area contributed by atoms with Crippen molar-refractivity contribution in [2.24, 2.45) is 5.41 Å². The number of nitrogens with one attached hydrogen (secondary N) is 1. The van der Waals surface area contributed by atoms with Crippen molar-refractivity contribution in [1.29, 1.82) is 0 Å². The van der Waals surface area contributed by atoms with E-state index in [1.165, 1.54) is 60.9 Å². The van der Waals surface area contributed by atoms with Crippen LogP contribution in [0.2, 0.25) is 0 Å². The number of benzene rings is 1. The molecule has 1 aliphatic carbocycles. The summed E-state index contributed by atoms with van der Waals surface area (Å²) in [4.78, 5) is 15.3. The Morgan fingerprint density at radius 3 is 2.58 bits per heavy atom. The predicted molar refractivity (Wildman–Crippen MR) is 107 cm³/mol. The van der Waals surface area contributed by atoms with Crippen LogP contribution < -0.4 is 5.32 Å². The molecule has 1 aromatic carbocycles. The van der Waals surface area contributed by atoms with Crippen molar-refractivity contribution in [1.82, 2.24) is 14.8 Å². The van der Waals surface area contributed by atoms with Gasteiger partial charge in [-0.2, -0.15) is 0 Å². The van der Waals surface area contributed by atoms with Gasteiger partial charge in [0.2, 0.25) is 0 Å². The number of amides is 1. The summed E-state index contributed by atoms with van der Waals surface area (Å²) in [6.45, 7) is 11.9. The molecule has 4 heteroatoms. The molecule has 1 N–H and O–H groups in total. The fraction of sp³-hybridized carbons (Fsp3) is 0.591. The van der Waals surface area contributed by atoms with E-state index >= 15 is 0 Å². The number of nitrogens with zero attached hydrogens (tertiary/aromatic N) is 2. The van der Waals surface area contributed by atoms with Crippen LogP contribution in [0, 0.1) is 19.3 Å². The monoisotopic (exact) mass is 353 g/mol. The number of hydrogen-bond donors (Lipinski definition) is 1. The maximum Gasteiger partial charge on any atom is 0.251 e. The van der Waals surface area contributed by atoms with Crippen LogP contribution in [-0.4, -0.2) is 41.6 Å². The summed E-state index contributed by atoms with van der Waals surface area (Å²) < 4.78 is 2.32. The summed E-state index contributed by atoms with van der Waals surface area (Å²) in [5.41, 5.74) is 4.92. The van der Waals surface area contributed by atoms with E-state index in [0.29, 0.717) is 5.41 Å². The molecule has 1 amide bonds. The first kappa shape index (κ1) is 17.6. The molecule has 1 aliphatic heterocycles. The molecule has 4 rings (SSSR count). The number of carbonyl (C=O) groups excluding carboxylic acids is 1. The topological polar surface area (TPSA) is 37.3 Å². The normalized spacial score (nSPS) is 19.2. The van der Waals surface area contributed by atoms with Gasteiger partial charge in [0.15, 0.2) is 0 Å². The molecule has 26 heavy (non-hydrogen) atoms. The summed E-state index contributed by atoms with van der Waals surface area (Å²) in [7, 11) is 0. The highest BCUT2D eigenvalue weighted by molar-refractivity contribution is 5.99. The lowest BCUT2D eigenvalue weighted by Gasteiger charge is -2.23. The minimum Gasteiger partial charge on any atom is -0.351 e. The van der Waals surface area contributed by atoms with Crippen molar-refractivity contribution >= 4 is 16.8 Å². The molecule has 2 heterocycles. The molecule has 1 aromatic heterocycles. The van der Waals surface area contributed by atoms with Crippen LogP contribution in [0.1, 0.15) is 54.2 Å². The number of aryl methyl sites for hydroxylation is 2. The van der Waals surface area contributed by atoms with Crippen molar-refractivity contribution in [2.75, 3.05) is 26.2 Å². The molecule has 1 saturated carbocycles. The van der Waals surface area contributed by atoms with Gasteiger partial charge < -0.3 is 14.8 Å². The fourth-order valence-electron chi connectivity index (χ4n) is 4.55. The maximum absolute atomic E-state index is 12.7. The lowest BCUT2D eigenvalue weighted by molar-refractivity contribution is 0.0940. The molecule has 0 atom stereocenters. The van der Waals surface area contributed by atoms with Crippen LogP contribution in [0.15, 0.2) is 18.2 Å². The largest absolute Gasteiger partial charge is 0.351 e. The first-order chi connectivity index (χ1) is 12.5. The molecule has 4 nitrogen and oxygen atoms in total. The number of fused-ring (bicyclic) bond motifs is 1. The van der Waals surface area contributed by atoms with Gasteiger partial charge in [-0.3, -0.25) is 4.79 Å². The predicted octanol–water partition coefficient (Wildman–Crippen LogP) is 3.88. The smallest absolute Gasteiger partial charge is 0.251 e. The van der Waals surface area contributed by atoms with Crippen LogP contribution in [0.3, 0.4) is 0 Å². The number of likely N-dealkylation sites (tertiary alicyclic amines) is 1. The second-order valence-electron chi connectivity index (χ2n) is 8.35. The zero-order valence-electron chi connectivity index (χ0n) is 16.4. The molecule has 140 valence electrons. The third-order valence-electron chi connectivity index (χ3n) is 6.56. The highest BCUT2D eigenvalue weighted by Gasteiger charge is 2.44. The summed E-state index contributed by atoms with van der Waals surface area (Å²) in [5, 5.41) is 4.43. The molecule has 0 spiro atoms. The van der Waals surface area contributed by atoms with Gasteiger partial charge in [-0.05, 0) is 83.3 Å². The molecule has 1 saturated heterocycles. The molecule has 2 aromatic rings. The highest BCUT2D eigenvalue weighted by Crippen LogP contribution is 2.46. The van der Waals surface area contributed by atoms with E-state index in [-0.39, 0.29) is 5.91 Å². The van der Waals surface area contributed by atoms with E-state index in [0.717, 1.165) is 25.2 Å². The Balaban J connectivity index is 1.45. The van der Waals surface area contributed by atoms with Gasteiger partial charge in [0.1, 0.15) is 0 Å². The summed E-state index contributed by atoms with van der Waals surface area (Å²) >= 11 is 0. The van der Waals surface area contributed by atoms with Crippen LogP contribution in [0.5, 0.6) is 0 Å². The Kier molecular flexibility index (Phi) is 4.55. The van der Waals surface area contributed by atoms with Crippen molar-refractivity contribution in [3.05, 3.63) is 35.0 Å². The van der Waals surface area contributed by atoms with Crippen molar-refractivity contribution in [2.45, 2.75) is 53.0 Å². The number of rotatable bonds is 6. The van der Waals surface area contributed by atoms with Crippen LogP contribution in [0.4, 0.5) is 0 Å². The number of aromatic nitrogens is 1. The standard InChI is InChI=1S/C22H31N3O/c1-4-25-17(3)16(2)19-13-18(7-8-20(19)25)21(26)23-14-22(9-10-22)15-24-11-5-6-12-24/h7-8,13H,4-6,9-12,14-15H2,1-3H3,(H,23,26). The van der Waals surface area contributed by atoms with E-state index in [1.807, 2.05) is 6.07 Å². The quantitative estimate of drug-likeness (QED) is 0.856. The highest BCUT2D eigenvalue weighted by atomic mass is 16.1. The first-order valence-corrected chi connectivity index (χ1v) is 10.1. The summed E-state index contributed by atoms with van der Waals surface area (Å²) in [6.07, 6.45) is 5.16. The molecular formula is C22H31N3O. The van der Waals surface area contributed by atoms with Crippen LogP contribution >= 0.6 is 0 Å². The molecule has 0 unspecified atom stereocenters. The molecule has 2 fully saturated rings. The molecule has 0 radical (unpaired) electrons. The summed E-state index contributed by atoms with van der Waals surface area (Å²) in [5.74, 6) is 0.0703. The van der Waals surface area contributed by atoms with Gasteiger partial charge in [-0.1, -0.05) is 0 Å². The van der Waals surface area contributed by atoms with Gasteiger partial charge >= 0.3 is 0 Å². The second kappa shape index (κ2) is 6.73. The SMILES string of the molecule is CCn1c(C)c(C)c2cc(C(=O)NCC3(CN4CCCC4)CC3)ccc21. The third kappa shape index (κ3) is 3.16. The minimum absolute atomic E-state index is 0.0703. The van der Waals surface area contributed by atoms with E-state index in [2.05, 4.69) is 47.7 Å². The van der Waals surface area contributed by atoms with Gasteiger partial charge in [-0.15, -0.1) is 0 Å². The Bertz CT molecular complexity index is 826. The summed E-state index contributed by atoms with van der Waals surface area (Å²) in [6, 6.07) is 6.15. The van der Waals surface area contributed by atoms with Gasteiger partial charge in [0, 0.05) is 47.2 Å². The average molecular weight is 354 g/mol. The number of hydrogen-bond acceptors (Lipinski definition) is 2. The lowest BCUT2D eigenvalue weighted by Crippen LogP contribution is -2.37. The first-order valence-electron chi connectivity index (χ1n) is 10.1. The van der Waals surface area contributed by atoms with Gasteiger partial charge in [0.05, 0.1) is 0 Å². The van der Waals surface area contributed by atoms with E-state index in [4.69, 9.17) is 0 Å². The van der Waals surface area contributed by atoms with Crippen molar-refractivity contribution in [3.63, 3.8) is 0 Å². The minimum atomic E-state index is 0.0703. The molecule has 0 bridgehead atoms. The zero-order chi connectivity index (χ0) is 18.3. The maximum atomic E-state index is 12.7. The molecular weight excluding hydrogens is 322 g/mol. The van der Waals surface area contributed by atoms with Gasteiger partial charge in [-0.25, -0.2) is 0 Å². The van der Waals surface area contributed by atoms with Crippen molar-refractivity contribution < 1.29 is 4.79 Å².